The molecule has 0 unspecified atom stereocenters. The third-order valence-corrected chi connectivity index (χ3v) is 0.322. The molecule has 0 aromatic carbocycles. The maximum atomic E-state index is 8.32. The van der Waals surface area contributed by atoms with Crippen LogP contribution in [0.3, 0.4) is 0 Å². The van der Waals surface area contributed by atoms with Crippen LogP contribution in [-0.4, -0.2) is 34.6 Å². The molecule has 0 radical (unpaired) electrons. The van der Waals surface area contributed by atoms with Crippen molar-refractivity contribution in [1.29, 1.82) is 0 Å². The Balaban J connectivity index is 3.62. The molecule has 0 fully saturated rings. The summed E-state index contributed by atoms with van der Waals surface area (Å²) in [6.07, 6.45) is -1.71. The van der Waals surface area contributed by atoms with Crippen molar-refractivity contribution >= 4 is 0 Å². The van der Waals surface area contributed by atoms with Crippen LogP contribution in [0.15, 0.2) is 0 Å². The topological polar surface area (TPSA) is 60.7 Å². The Morgan fingerprint density at radius 2 is 2.17 bits per heavy atom. The summed E-state index contributed by atoms with van der Waals surface area (Å²) in [4.78, 5) is 0. The van der Waals surface area contributed by atoms with Gasteiger partial charge in [-0.25, -0.2) is 0 Å². The molecule has 0 heterocycles. The van der Waals surface area contributed by atoms with Crippen molar-refractivity contribution in [3.63, 3.8) is 0 Å². The van der Waals surface area contributed by atoms with Gasteiger partial charge in [0.15, 0.2) is 0 Å². The van der Waals surface area contributed by atoms with Gasteiger partial charge in [0.05, 0.1) is 15.9 Å². The molecule has 0 aliphatic rings. The van der Waals surface area contributed by atoms with Crippen LogP contribution in [0, 0.1) is 0 Å². The van der Waals surface area contributed by atoms with Crippen LogP contribution in [0.4, 0.5) is 0 Å². The fourth-order valence-electron chi connectivity index (χ4n) is 0.0408. The van der Waals surface area contributed by atoms with Crippen LogP contribution in [-0.2, 0) is 0 Å². The summed E-state index contributed by atoms with van der Waals surface area (Å²) in [5, 5.41) is 24.5. The third-order valence-electron chi connectivity index (χ3n) is 0.322. The van der Waals surface area contributed by atoms with E-state index in [0.29, 0.717) is 0 Å². The predicted octanol–water partition coefficient (Wildman–Crippen LogP) is -1.67. The summed E-state index contributed by atoms with van der Waals surface area (Å²) in [6.45, 7) is -3.46. The van der Waals surface area contributed by atoms with E-state index in [9.17, 15) is 0 Å². The summed E-state index contributed by atoms with van der Waals surface area (Å²) in [5.74, 6) is 0. The molecule has 0 rings (SSSR count). The van der Waals surface area contributed by atoms with E-state index < -0.39 is 19.3 Å². The van der Waals surface area contributed by atoms with Crippen LogP contribution >= 0.6 is 0 Å². The Labute approximate surface area is 38.7 Å². The molecule has 0 spiro atoms. The van der Waals surface area contributed by atoms with Gasteiger partial charge in [-0.2, -0.15) is 0 Å². The molecule has 3 nitrogen and oxygen atoms in total. The Kier molecular flexibility index (Phi) is 1.52. The maximum Gasteiger partial charge on any atom is 0.100 e. The van der Waals surface area contributed by atoms with Gasteiger partial charge in [-0.15, -0.1) is 0 Å². The second-order valence-electron chi connectivity index (χ2n) is 0.827. The third kappa shape index (κ3) is 2.14. The smallest absolute Gasteiger partial charge is 0.100 e. The van der Waals surface area contributed by atoms with E-state index in [2.05, 4.69) is 0 Å². The Bertz CT molecular complexity index is 69.4. The van der Waals surface area contributed by atoms with E-state index in [0.717, 1.165) is 0 Å². The first-order chi connectivity index (χ1) is 3.48. The molecule has 0 aliphatic heterocycles. The van der Waals surface area contributed by atoms with Gasteiger partial charge in [-0.3, -0.25) is 0 Å². The van der Waals surface area contributed by atoms with Crippen LogP contribution < -0.4 is 0 Å². The molecular formula is C3H8O3. The Morgan fingerprint density at radius 3 is 2.17 bits per heavy atom. The van der Waals surface area contributed by atoms with Gasteiger partial charge in [0.25, 0.3) is 0 Å². The summed E-state index contributed by atoms with van der Waals surface area (Å²) in [6, 6.07) is 0. The van der Waals surface area contributed by atoms with Gasteiger partial charge in [0.1, 0.15) is 6.10 Å². The molecule has 0 amide bonds. The van der Waals surface area contributed by atoms with E-state index in [1.54, 1.807) is 0 Å². The van der Waals surface area contributed by atoms with Crippen LogP contribution in [0.5, 0.6) is 0 Å². The van der Waals surface area contributed by atoms with Gasteiger partial charge >= 0.3 is 0 Å². The highest BCUT2D eigenvalue weighted by atomic mass is 16.3. The lowest BCUT2D eigenvalue weighted by atomic mass is 10.4. The first-order valence-electron chi connectivity index (χ1n) is 2.49. The molecule has 0 aromatic rings. The van der Waals surface area contributed by atoms with Crippen molar-refractivity contribution in [3.05, 3.63) is 0 Å². The van der Waals surface area contributed by atoms with Crippen molar-refractivity contribution in [2.45, 2.75) is 6.10 Å². The van der Waals surface area contributed by atoms with Gasteiger partial charge in [0, 0.05) is 0 Å². The lowest BCUT2D eigenvalue weighted by molar-refractivity contribution is 0.0450. The second kappa shape index (κ2) is 3.08. The zero-order valence-electron chi connectivity index (χ0n) is 5.13. The Hall–Kier alpha value is -0.120. The molecule has 3 heteroatoms. The minimum absolute atomic E-state index is 0.774. The minimum atomic E-state index is -2.69. The monoisotopic (exact) mass is 94.1 g/mol. The SMILES string of the molecule is [2H]C([2H])(O)[C@@H](O)CO. The van der Waals surface area contributed by atoms with E-state index in [-0.39, 0.29) is 0 Å². The maximum absolute atomic E-state index is 8.32. The quantitative estimate of drug-likeness (QED) is 0.383. The number of hydrogen-bond donors (Lipinski definition) is 3. The average molecular weight is 94.1 g/mol. The predicted molar refractivity (Wildman–Crippen MR) is 20.2 cm³/mol. The molecule has 6 heavy (non-hydrogen) atoms. The first kappa shape index (κ1) is 2.96. The zero-order valence-corrected chi connectivity index (χ0v) is 3.13. The van der Waals surface area contributed by atoms with Gasteiger partial charge < -0.3 is 15.3 Å². The van der Waals surface area contributed by atoms with Gasteiger partial charge in [-0.1, -0.05) is 0 Å². The Morgan fingerprint density at radius 1 is 1.67 bits per heavy atom. The van der Waals surface area contributed by atoms with E-state index in [1.165, 1.54) is 0 Å². The molecule has 3 N–H and O–H groups in total. The van der Waals surface area contributed by atoms with Crippen LogP contribution in [0.25, 0.3) is 0 Å². The van der Waals surface area contributed by atoms with Crippen LogP contribution in [0.2, 0.25) is 0 Å². The lowest BCUT2D eigenvalue weighted by Crippen LogP contribution is -2.15. The van der Waals surface area contributed by atoms with Crippen molar-refractivity contribution < 1.29 is 18.1 Å². The molecule has 0 aromatic heterocycles. The van der Waals surface area contributed by atoms with E-state index in [4.69, 9.17) is 18.1 Å². The van der Waals surface area contributed by atoms with E-state index in [1.807, 2.05) is 0 Å². The normalized spacial score (nSPS) is 21.8. The zero-order chi connectivity index (χ0) is 6.78. The summed E-state index contributed by atoms with van der Waals surface area (Å²) in [5.41, 5.74) is 0. The summed E-state index contributed by atoms with van der Waals surface area (Å²) < 4.78 is 12.7. The van der Waals surface area contributed by atoms with Crippen LogP contribution in [0.1, 0.15) is 2.74 Å². The largest absolute Gasteiger partial charge is 0.394 e. The molecule has 0 saturated carbocycles. The fourth-order valence-corrected chi connectivity index (χ4v) is 0.0408. The number of hydrogen-bond acceptors (Lipinski definition) is 3. The highest BCUT2D eigenvalue weighted by molar-refractivity contribution is 4.43. The number of rotatable bonds is 2. The standard InChI is InChI=1S/C3H8O3/c4-1-3(6)2-5/h3-6H,1-2H2/i1D2/t3-/m1/s1. The molecule has 0 saturated heterocycles. The summed E-state index contributed by atoms with van der Waals surface area (Å²) >= 11 is 0. The average Bonchev–Trinajstić information content (AvgIpc) is 1.62. The minimum Gasteiger partial charge on any atom is -0.394 e. The summed E-state index contributed by atoms with van der Waals surface area (Å²) in [7, 11) is 0. The second-order valence-corrected chi connectivity index (χ2v) is 0.827. The molecule has 38 valence electrons. The van der Waals surface area contributed by atoms with Crippen molar-refractivity contribution in [2.24, 2.45) is 0 Å². The molecular weight excluding hydrogens is 84.0 g/mol. The number of aliphatic hydroxyl groups is 3. The van der Waals surface area contributed by atoms with Crippen molar-refractivity contribution in [1.82, 2.24) is 0 Å². The van der Waals surface area contributed by atoms with E-state index >= 15 is 0 Å². The highest BCUT2D eigenvalue weighted by Gasteiger charge is 1.93. The number of aliphatic hydroxyl groups excluding tert-OH is 2. The van der Waals surface area contributed by atoms with Crippen molar-refractivity contribution in [3.8, 4) is 0 Å². The van der Waals surface area contributed by atoms with Gasteiger partial charge in [-0.05, 0) is 0 Å². The fraction of sp³-hybridized carbons (Fsp3) is 1.00. The lowest BCUT2D eigenvalue weighted by Gasteiger charge is -1.96. The highest BCUT2D eigenvalue weighted by Crippen LogP contribution is 1.71. The van der Waals surface area contributed by atoms with Gasteiger partial charge in [0.2, 0.25) is 0 Å². The first-order valence-corrected chi connectivity index (χ1v) is 1.49. The molecule has 0 aliphatic carbocycles. The molecule has 1 atom stereocenters. The van der Waals surface area contributed by atoms with Crippen molar-refractivity contribution in [2.75, 3.05) is 13.2 Å². The molecule has 0 bridgehead atoms.